The maximum atomic E-state index is 13.3. The van der Waals surface area contributed by atoms with Crippen LogP contribution in [0.25, 0.3) is 10.8 Å². The van der Waals surface area contributed by atoms with E-state index >= 15 is 0 Å². The van der Waals surface area contributed by atoms with Crippen LogP contribution in [0.15, 0.2) is 60.8 Å². The number of benzene rings is 2. The zero-order chi connectivity index (χ0) is 23.8. The van der Waals surface area contributed by atoms with Crippen LogP contribution >= 0.6 is 0 Å². The molecule has 6 heteroatoms. The molecule has 0 atom stereocenters. The van der Waals surface area contributed by atoms with E-state index in [0.29, 0.717) is 19.6 Å². The minimum atomic E-state index is -0.247. The molecule has 0 fully saturated rings. The van der Waals surface area contributed by atoms with Crippen molar-refractivity contribution in [2.75, 3.05) is 25.0 Å². The minimum Gasteiger partial charge on any atom is -0.353 e. The molecule has 0 unspecified atom stereocenters. The Balaban J connectivity index is 1.76. The second-order valence-corrected chi connectivity index (χ2v) is 9.01. The molecule has 3 amide bonds. The summed E-state index contributed by atoms with van der Waals surface area (Å²) in [5.74, 6) is 0.214. The van der Waals surface area contributed by atoms with E-state index in [1.54, 1.807) is 4.90 Å². The van der Waals surface area contributed by atoms with Crippen LogP contribution in [0.1, 0.15) is 39.3 Å². The Labute approximate surface area is 197 Å². The molecule has 0 bridgehead atoms. The standard InChI is InChI=1S/C27H36N4O2/c1-5-6-17-30(19-23-13-10-16-29(23)4)26(32)20-31(18-21(2)3)27(33)28-25-15-9-12-22-11-7-8-14-24(22)25/h7-16,21H,5-6,17-20H2,1-4H3,(H,28,33). The summed E-state index contributed by atoms with van der Waals surface area (Å²) in [5.41, 5.74) is 1.83. The van der Waals surface area contributed by atoms with Gasteiger partial charge >= 0.3 is 6.03 Å². The van der Waals surface area contributed by atoms with Crippen molar-refractivity contribution in [1.82, 2.24) is 14.4 Å². The summed E-state index contributed by atoms with van der Waals surface area (Å²) in [4.78, 5) is 30.1. The fourth-order valence-corrected chi connectivity index (χ4v) is 3.95. The number of nitrogens with zero attached hydrogens (tertiary/aromatic N) is 3. The number of aryl methyl sites for hydroxylation is 1. The lowest BCUT2D eigenvalue weighted by molar-refractivity contribution is -0.132. The smallest absolute Gasteiger partial charge is 0.322 e. The highest BCUT2D eigenvalue weighted by atomic mass is 16.2. The van der Waals surface area contributed by atoms with Crippen LogP contribution in [0.5, 0.6) is 0 Å². The number of nitrogens with one attached hydrogen (secondary N) is 1. The van der Waals surface area contributed by atoms with Crippen molar-refractivity contribution in [2.45, 2.75) is 40.2 Å². The second-order valence-electron chi connectivity index (χ2n) is 9.01. The topological polar surface area (TPSA) is 57.6 Å². The maximum Gasteiger partial charge on any atom is 0.322 e. The highest BCUT2D eigenvalue weighted by molar-refractivity contribution is 6.02. The highest BCUT2D eigenvalue weighted by Gasteiger charge is 2.23. The fourth-order valence-electron chi connectivity index (χ4n) is 3.95. The molecule has 176 valence electrons. The van der Waals surface area contributed by atoms with E-state index in [9.17, 15) is 9.59 Å². The number of hydrogen-bond donors (Lipinski definition) is 1. The fraction of sp³-hybridized carbons (Fsp3) is 0.407. The second kappa shape index (κ2) is 11.5. The van der Waals surface area contributed by atoms with E-state index in [4.69, 9.17) is 0 Å². The minimum absolute atomic E-state index is 0.0293. The summed E-state index contributed by atoms with van der Waals surface area (Å²) in [7, 11) is 1.99. The van der Waals surface area contributed by atoms with Crippen molar-refractivity contribution in [1.29, 1.82) is 0 Å². The third-order valence-corrected chi connectivity index (χ3v) is 5.77. The molecule has 6 nitrogen and oxygen atoms in total. The van der Waals surface area contributed by atoms with Gasteiger partial charge in [0.15, 0.2) is 0 Å². The van der Waals surface area contributed by atoms with Gasteiger partial charge in [0.2, 0.25) is 5.91 Å². The molecule has 3 rings (SSSR count). The number of unbranched alkanes of at least 4 members (excludes halogenated alkanes) is 1. The van der Waals surface area contributed by atoms with E-state index in [-0.39, 0.29) is 24.4 Å². The summed E-state index contributed by atoms with van der Waals surface area (Å²) in [6, 6.07) is 17.6. The van der Waals surface area contributed by atoms with Gasteiger partial charge in [-0.25, -0.2) is 4.79 Å². The van der Waals surface area contributed by atoms with Crippen LogP contribution in [0.4, 0.5) is 10.5 Å². The van der Waals surface area contributed by atoms with Crippen molar-refractivity contribution < 1.29 is 9.59 Å². The zero-order valence-electron chi connectivity index (χ0n) is 20.3. The Morgan fingerprint density at radius 2 is 1.76 bits per heavy atom. The van der Waals surface area contributed by atoms with Crippen molar-refractivity contribution in [3.05, 3.63) is 66.5 Å². The summed E-state index contributed by atoms with van der Waals surface area (Å²) < 4.78 is 2.03. The molecule has 0 saturated heterocycles. The average molecular weight is 449 g/mol. The molecule has 0 aliphatic rings. The molecule has 0 radical (unpaired) electrons. The SMILES string of the molecule is CCCCN(Cc1cccn1C)C(=O)CN(CC(C)C)C(=O)Nc1cccc2ccccc12. The number of fused-ring (bicyclic) bond motifs is 1. The van der Waals surface area contributed by atoms with E-state index in [1.165, 1.54) is 0 Å². The van der Waals surface area contributed by atoms with Gasteiger partial charge in [-0.3, -0.25) is 4.79 Å². The number of anilines is 1. The molecule has 1 N–H and O–H groups in total. The molecular formula is C27H36N4O2. The quantitative estimate of drug-likeness (QED) is 0.445. The first-order chi connectivity index (χ1) is 15.9. The normalized spacial score (nSPS) is 11.1. The molecule has 2 aromatic carbocycles. The molecule has 0 aliphatic heterocycles. The molecule has 33 heavy (non-hydrogen) atoms. The Bertz CT molecular complexity index is 1070. The largest absolute Gasteiger partial charge is 0.353 e. The molecular weight excluding hydrogens is 412 g/mol. The molecule has 0 aliphatic carbocycles. The average Bonchev–Trinajstić information content (AvgIpc) is 3.20. The number of aromatic nitrogens is 1. The molecule has 1 aromatic heterocycles. The predicted molar refractivity (Wildman–Crippen MR) is 135 cm³/mol. The van der Waals surface area contributed by atoms with Gasteiger partial charge in [-0.2, -0.15) is 0 Å². The number of amides is 3. The Morgan fingerprint density at radius 3 is 2.45 bits per heavy atom. The zero-order valence-corrected chi connectivity index (χ0v) is 20.3. The van der Waals surface area contributed by atoms with Crippen LogP contribution in [0.2, 0.25) is 0 Å². The molecule has 1 heterocycles. The van der Waals surface area contributed by atoms with Crippen LogP contribution in [0, 0.1) is 5.92 Å². The van der Waals surface area contributed by atoms with Crippen molar-refractivity contribution >= 4 is 28.4 Å². The van der Waals surface area contributed by atoms with Gasteiger partial charge < -0.3 is 19.7 Å². The molecule has 0 spiro atoms. The third kappa shape index (κ3) is 6.60. The first-order valence-electron chi connectivity index (χ1n) is 11.8. The van der Waals surface area contributed by atoms with Gasteiger partial charge in [-0.15, -0.1) is 0 Å². The lowest BCUT2D eigenvalue weighted by atomic mass is 10.1. The maximum absolute atomic E-state index is 13.3. The number of urea groups is 1. The first-order valence-corrected chi connectivity index (χ1v) is 11.8. The summed E-state index contributed by atoms with van der Waals surface area (Å²) in [6.45, 7) is 8.03. The van der Waals surface area contributed by atoms with E-state index in [2.05, 4.69) is 26.1 Å². The summed E-state index contributed by atoms with van der Waals surface area (Å²) >= 11 is 0. The van der Waals surface area contributed by atoms with Crippen molar-refractivity contribution in [2.24, 2.45) is 13.0 Å². The van der Waals surface area contributed by atoms with Crippen LogP contribution in [-0.4, -0.2) is 45.9 Å². The summed E-state index contributed by atoms with van der Waals surface area (Å²) in [6.07, 6.45) is 3.93. The highest BCUT2D eigenvalue weighted by Crippen LogP contribution is 2.23. The van der Waals surface area contributed by atoms with Crippen LogP contribution in [-0.2, 0) is 18.4 Å². The van der Waals surface area contributed by atoms with Gasteiger partial charge in [-0.05, 0) is 35.9 Å². The molecule has 0 saturated carbocycles. The van der Waals surface area contributed by atoms with E-state index < -0.39 is 0 Å². The predicted octanol–water partition coefficient (Wildman–Crippen LogP) is 5.50. The van der Waals surface area contributed by atoms with Gasteiger partial charge in [0.25, 0.3) is 0 Å². The lowest BCUT2D eigenvalue weighted by Crippen LogP contribution is -2.46. The Kier molecular flexibility index (Phi) is 8.52. The number of hydrogen-bond acceptors (Lipinski definition) is 2. The van der Waals surface area contributed by atoms with Crippen molar-refractivity contribution in [3.63, 3.8) is 0 Å². The van der Waals surface area contributed by atoms with Gasteiger partial charge in [0.1, 0.15) is 6.54 Å². The van der Waals surface area contributed by atoms with E-state index in [0.717, 1.165) is 35.0 Å². The van der Waals surface area contributed by atoms with E-state index in [1.807, 2.05) is 77.3 Å². The number of carbonyl (C=O) groups is 2. The number of carbonyl (C=O) groups excluding carboxylic acids is 2. The third-order valence-electron chi connectivity index (χ3n) is 5.77. The van der Waals surface area contributed by atoms with Crippen LogP contribution in [0.3, 0.4) is 0 Å². The number of rotatable bonds is 10. The first kappa shape index (κ1) is 24.4. The van der Waals surface area contributed by atoms with Crippen molar-refractivity contribution in [3.8, 4) is 0 Å². The summed E-state index contributed by atoms with van der Waals surface area (Å²) in [5, 5.41) is 5.09. The van der Waals surface area contributed by atoms with Gasteiger partial charge in [-0.1, -0.05) is 63.6 Å². The van der Waals surface area contributed by atoms with Gasteiger partial charge in [0.05, 0.1) is 12.2 Å². The van der Waals surface area contributed by atoms with Crippen LogP contribution < -0.4 is 5.32 Å². The Hall–Kier alpha value is -3.28. The van der Waals surface area contributed by atoms with Gasteiger partial charge in [0, 0.05) is 37.4 Å². The molecule has 3 aromatic rings. The monoisotopic (exact) mass is 448 g/mol. The Morgan fingerprint density at radius 1 is 1.00 bits per heavy atom. The lowest BCUT2D eigenvalue weighted by Gasteiger charge is -2.29.